The van der Waals surface area contributed by atoms with Crippen LogP contribution in [0.15, 0.2) is 0 Å². The van der Waals surface area contributed by atoms with Crippen LogP contribution in [-0.4, -0.2) is 35.6 Å². The Hall–Kier alpha value is -0.570. The third-order valence-electron chi connectivity index (χ3n) is 2.79. The van der Waals surface area contributed by atoms with Gasteiger partial charge in [0.2, 0.25) is 0 Å². The summed E-state index contributed by atoms with van der Waals surface area (Å²) in [5, 5.41) is 8.99. The van der Waals surface area contributed by atoms with Gasteiger partial charge in [0.05, 0.1) is 5.41 Å². The average molecular weight is 201 g/mol. The third-order valence-corrected chi connectivity index (χ3v) is 2.79. The summed E-state index contributed by atoms with van der Waals surface area (Å²) in [6.07, 6.45) is 2.14. The van der Waals surface area contributed by atoms with Gasteiger partial charge < -0.3 is 10.0 Å². The van der Waals surface area contributed by atoms with Crippen LogP contribution >= 0.6 is 0 Å². The second-order valence-electron chi connectivity index (χ2n) is 4.57. The van der Waals surface area contributed by atoms with Crippen LogP contribution in [-0.2, 0) is 4.79 Å². The minimum absolute atomic E-state index is 0.494. The molecule has 0 atom stereocenters. The summed E-state index contributed by atoms with van der Waals surface area (Å²) in [5.74, 6) is -0.727. The number of nitrogens with zero attached hydrogens (tertiary/aromatic N) is 1. The maximum Gasteiger partial charge on any atom is 0.310 e. The first-order valence-electron chi connectivity index (χ1n) is 5.28. The van der Waals surface area contributed by atoms with Crippen molar-refractivity contribution in [2.45, 2.75) is 46.6 Å². The van der Waals surface area contributed by atoms with Gasteiger partial charge in [0.1, 0.15) is 0 Å². The molecule has 0 aliphatic rings. The molecule has 84 valence electrons. The van der Waals surface area contributed by atoms with Crippen LogP contribution in [0, 0.1) is 5.41 Å². The van der Waals surface area contributed by atoms with Crippen LogP contribution in [0.3, 0.4) is 0 Å². The number of hydrogen-bond donors (Lipinski definition) is 1. The van der Waals surface area contributed by atoms with E-state index in [1.54, 1.807) is 13.8 Å². The summed E-state index contributed by atoms with van der Waals surface area (Å²) in [6, 6.07) is 0.494. The Kier molecular flexibility index (Phi) is 5.13. The van der Waals surface area contributed by atoms with Gasteiger partial charge >= 0.3 is 5.97 Å². The number of hydrogen-bond acceptors (Lipinski definition) is 2. The Labute approximate surface area is 87.1 Å². The highest BCUT2D eigenvalue weighted by Gasteiger charge is 2.29. The first-order chi connectivity index (χ1) is 6.35. The molecule has 0 aromatic rings. The summed E-state index contributed by atoms with van der Waals surface area (Å²) in [5.41, 5.74) is -0.655. The Morgan fingerprint density at radius 2 is 1.79 bits per heavy atom. The van der Waals surface area contributed by atoms with E-state index in [2.05, 4.69) is 18.7 Å². The minimum atomic E-state index is -0.727. The van der Waals surface area contributed by atoms with Gasteiger partial charge in [-0.1, -0.05) is 13.8 Å². The number of aliphatic carboxylic acids is 1. The molecule has 3 nitrogen and oxygen atoms in total. The number of carbonyl (C=O) groups is 1. The van der Waals surface area contributed by atoms with Crippen LogP contribution in [0.5, 0.6) is 0 Å². The maximum absolute atomic E-state index is 10.9. The molecule has 0 saturated carbocycles. The minimum Gasteiger partial charge on any atom is -0.481 e. The van der Waals surface area contributed by atoms with Crippen molar-refractivity contribution in [2.24, 2.45) is 5.41 Å². The molecule has 0 aliphatic carbocycles. The lowest BCUT2D eigenvalue weighted by atomic mass is 9.92. The molecule has 0 spiro atoms. The Bertz CT molecular complexity index is 186. The molecular weight excluding hydrogens is 178 g/mol. The average Bonchev–Trinajstić information content (AvgIpc) is 2.05. The monoisotopic (exact) mass is 201 g/mol. The molecular formula is C11H23NO2. The van der Waals surface area contributed by atoms with Crippen molar-refractivity contribution in [1.82, 2.24) is 4.90 Å². The molecule has 0 radical (unpaired) electrons. The van der Waals surface area contributed by atoms with Gasteiger partial charge in [-0.05, 0) is 33.7 Å². The molecule has 0 saturated heterocycles. The fourth-order valence-corrected chi connectivity index (χ4v) is 1.73. The van der Waals surface area contributed by atoms with E-state index in [4.69, 9.17) is 5.11 Å². The first kappa shape index (κ1) is 13.4. The molecule has 0 aliphatic heterocycles. The van der Waals surface area contributed by atoms with Gasteiger partial charge in [-0.2, -0.15) is 0 Å². The molecule has 1 N–H and O–H groups in total. The van der Waals surface area contributed by atoms with E-state index in [-0.39, 0.29) is 0 Å². The molecule has 0 rings (SSSR count). The van der Waals surface area contributed by atoms with Crippen molar-refractivity contribution in [2.75, 3.05) is 13.6 Å². The Morgan fingerprint density at radius 1 is 1.36 bits per heavy atom. The van der Waals surface area contributed by atoms with E-state index in [0.717, 1.165) is 12.8 Å². The van der Waals surface area contributed by atoms with Crippen LogP contribution in [0.2, 0.25) is 0 Å². The van der Waals surface area contributed by atoms with E-state index >= 15 is 0 Å². The van der Waals surface area contributed by atoms with E-state index in [9.17, 15) is 4.79 Å². The van der Waals surface area contributed by atoms with Crippen molar-refractivity contribution in [3.8, 4) is 0 Å². The molecule has 0 amide bonds. The van der Waals surface area contributed by atoms with Crippen molar-refractivity contribution in [3.05, 3.63) is 0 Å². The quantitative estimate of drug-likeness (QED) is 0.716. The highest BCUT2D eigenvalue weighted by molar-refractivity contribution is 5.73. The third kappa shape index (κ3) is 3.66. The summed E-state index contributed by atoms with van der Waals surface area (Å²) in [6.45, 7) is 8.42. The Balaban J connectivity index is 4.29. The largest absolute Gasteiger partial charge is 0.481 e. The van der Waals surface area contributed by atoms with Gasteiger partial charge in [-0.15, -0.1) is 0 Å². The highest BCUT2D eigenvalue weighted by atomic mass is 16.4. The topological polar surface area (TPSA) is 40.5 Å². The highest BCUT2D eigenvalue weighted by Crippen LogP contribution is 2.19. The fraction of sp³-hybridized carbons (Fsp3) is 0.909. The van der Waals surface area contributed by atoms with Gasteiger partial charge in [-0.25, -0.2) is 0 Å². The molecule has 0 heterocycles. The second kappa shape index (κ2) is 5.35. The van der Waals surface area contributed by atoms with Crippen molar-refractivity contribution < 1.29 is 9.90 Å². The van der Waals surface area contributed by atoms with Gasteiger partial charge in [0, 0.05) is 12.6 Å². The zero-order valence-electron chi connectivity index (χ0n) is 10.0. The standard InChI is InChI=1S/C11H23NO2/c1-6-9(7-2)12(5)8-11(3,4)10(13)14/h9H,6-8H2,1-5H3,(H,13,14). The van der Waals surface area contributed by atoms with E-state index in [0.29, 0.717) is 12.6 Å². The van der Waals surface area contributed by atoms with Crippen molar-refractivity contribution in [1.29, 1.82) is 0 Å². The predicted octanol–water partition coefficient (Wildman–Crippen LogP) is 2.22. The molecule has 0 unspecified atom stereocenters. The van der Waals surface area contributed by atoms with Gasteiger partial charge in [0.15, 0.2) is 0 Å². The molecule has 14 heavy (non-hydrogen) atoms. The summed E-state index contributed by atoms with van der Waals surface area (Å²) >= 11 is 0. The van der Waals surface area contributed by atoms with E-state index in [1.165, 1.54) is 0 Å². The lowest BCUT2D eigenvalue weighted by Crippen LogP contribution is -2.41. The van der Waals surface area contributed by atoms with Crippen molar-refractivity contribution in [3.63, 3.8) is 0 Å². The van der Waals surface area contributed by atoms with Gasteiger partial charge in [-0.3, -0.25) is 4.79 Å². The number of carboxylic acids is 1. The summed E-state index contributed by atoms with van der Waals surface area (Å²) in [4.78, 5) is 13.1. The zero-order chi connectivity index (χ0) is 11.4. The lowest BCUT2D eigenvalue weighted by molar-refractivity contribution is -0.148. The SMILES string of the molecule is CCC(CC)N(C)CC(C)(C)C(=O)O. The lowest BCUT2D eigenvalue weighted by Gasteiger charge is -2.32. The Morgan fingerprint density at radius 3 is 2.07 bits per heavy atom. The molecule has 3 heteroatoms. The maximum atomic E-state index is 10.9. The number of carboxylic acid groups (broad SMARTS) is 1. The first-order valence-corrected chi connectivity index (χ1v) is 5.28. The van der Waals surface area contributed by atoms with Crippen LogP contribution in [0.25, 0.3) is 0 Å². The van der Waals surface area contributed by atoms with Crippen LogP contribution in [0.4, 0.5) is 0 Å². The zero-order valence-corrected chi connectivity index (χ0v) is 10.0. The predicted molar refractivity (Wildman–Crippen MR) is 58.4 cm³/mol. The van der Waals surface area contributed by atoms with Crippen LogP contribution in [0.1, 0.15) is 40.5 Å². The molecule has 0 aromatic carbocycles. The smallest absolute Gasteiger partial charge is 0.310 e. The van der Waals surface area contributed by atoms with Gasteiger partial charge in [0.25, 0.3) is 0 Å². The second-order valence-corrected chi connectivity index (χ2v) is 4.57. The molecule has 0 bridgehead atoms. The normalized spacial score (nSPS) is 12.5. The van der Waals surface area contributed by atoms with E-state index in [1.807, 2.05) is 7.05 Å². The fourth-order valence-electron chi connectivity index (χ4n) is 1.73. The summed E-state index contributed by atoms with van der Waals surface area (Å²) in [7, 11) is 2.00. The molecule has 0 fully saturated rings. The number of rotatable bonds is 6. The molecule has 0 aromatic heterocycles. The van der Waals surface area contributed by atoms with E-state index < -0.39 is 11.4 Å². The van der Waals surface area contributed by atoms with Crippen molar-refractivity contribution >= 4 is 5.97 Å². The van der Waals surface area contributed by atoms with Crippen LogP contribution < -0.4 is 0 Å². The summed E-state index contributed by atoms with van der Waals surface area (Å²) < 4.78 is 0.